The number of allylic oxidation sites excluding steroid dienone is 1. The summed E-state index contributed by atoms with van der Waals surface area (Å²) < 4.78 is 62.6. The zero-order valence-corrected chi connectivity index (χ0v) is 42.5. The van der Waals surface area contributed by atoms with Crippen molar-refractivity contribution in [2.24, 2.45) is 46.3 Å². The van der Waals surface area contributed by atoms with Gasteiger partial charge in [0.15, 0.2) is 30.9 Å². The van der Waals surface area contributed by atoms with Crippen molar-refractivity contribution in [3.8, 4) is 0 Å². The lowest BCUT2D eigenvalue weighted by molar-refractivity contribution is -0.393. The van der Waals surface area contributed by atoms with E-state index in [2.05, 4.69) is 13.0 Å². The van der Waals surface area contributed by atoms with Crippen LogP contribution in [0.1, 0.15) is 73.6 Å². The quantitative estimate of drug-likeness (QED) is 0.0970. The van der Waals surface area contributed by atoms with Crippen molar-refractivity contribution in [1.29, 1.82) is 0 Å². The number of aliphatic hydroxyl groups is 14. The maximum atomic E-state index is 12.8. The van der Waals surface area contributed by atoms with Crippen LogP contribution in [-0.2, 0) is 47.4 Å². The Hall–Kier alpha value is -1.22. The molecule has 6 heterocycles. The van der Waals surface area contributed by atoms with Crippen molar-refractivity contribution < 1.29 is 119 Å². The molecule has 0 aromatic heterocycles. The lowest BCUT2D eigenvalue weighted by atomic mass is 9.45. The zero-order chi connectivity index (χ0) is 53.4. The Morgan fingerprint density at radius 2 is 1.22 bits per heavy atom. The van der Waals surface area contributed by atoms with Crippen LogP contribution in [-0.4, -0.2) is 250 Å². The minimum Gasteiger partial charge on any atom is -0.394 e. The SMILES string of the molecule is C[C@@H]1CO[C@@]2(O[C@H]3C[C@H]4[C@H]5CC=C6C[C@@H](O)C[C@@H](O[C@@H]7O[C@H](CO)[C@@H](O)[C@H](O[C@@H]8OC[C@@H](O)[C@H](O)[C@H]8O)[C@H]7O[C@@H]7O[C@@H](C)[C@H](O)[C@@H](O)[C@H]7O)[C@]6(C)[C@H]5C[C@@H](O)[C@]4(C)[C@H]3[C@@H]2C)[C@@H](O)[C@H]1O[C@@H]1O[C@H](C)[C@H](O)[C@@H](O)[C@H]1O. The van der Waals surface area contributed by atoms with Gasteiger partial charge < -0.3 is 119 Å². The maximum Gasteiger partial charge on any atom is 0.200 e. The van der Waals surface area contributed by atoms with E-state index in [-0.39, 0.29) is 43.1 Å². The van der Waals surface area contributed by atoms with E-state index in [1.54, 1.807) is 6.92 Å². The molecule has 24 heteroatoms. The van der Waals surface area contributed by atoms with Gasteiger partial charge in [0.25, 0.3) is 0 Å². The summed E-state index contributed by atoms with van der Waals surface area (Å²) >= 11 is 0. The summed E-state index contributed by atoms with van der Waals surface area (Å²) in [7, 11) is 0. The van der Waals surface area contributed by atoms with Crippen molar-refractivity contribution in [1.82, 2.24) is 0 Å². The summed E-state index contributed by atoms with van der Waals surface area (Å²) in [6.45, 7) is 9.69. The number of aliphatic hydroxyl groups excluding tert-OH is 14. The molecule has 74 heavy (non-hydrogen) atoms. The number of hydrogen-bond acceptors (Lipinski definition) is 24. The van der Waals surface area contributed by atoms with Gasteiger partial charge in [-0.2, -0.15) is 0 Å². The summed E-state index contributed by atoms with van der Waals surface area (Å²) in [4.78, 5) is 0. The number of hydrogen-bond donors (Lipinski definition) is 14. The topological polar surface area (TPSA) is 376 Å². The Labute approximate surface area is 428 Å². The maximum absolute atomic E-state index is 12.8. The van der Waals surface area contributed by atoms with Gasteiger partial charge in [0.05, 0.1) is 62.5 Å². The normalized spacial score (nSPS) is 59.6. The molecular weight excluding hydrogens is 985 g/mol. The van der Waals surface area contributed by atoms with Gasteiger partial charge in [-0.1, -0.05) is 39.3 Å². The van der Waals surface area contributed by atoms with Gasteiger partial charge in [-0.25, -0.2) is 0 Å². The molecule has 0 unspecified atom stereocenters. The average Bonchev–Trinajstić information content (AvgIpc) is 3.83. The largest absolute Gasteiger partial charge is 0.394 e. The molecule has 6 aliphatic heterocycles. The van der Waals surface area contributed by atoms with E-state index in [4.69, 9.17) is 47.4 Å². The molecule has 0 bridgehead atoms. The van der Waals surface area contributed by atoms with Crippen LogP contribution in [0.15, 0.2) is 11.6 Å². The van der Waals surface area contributed by atoms with Crippen LogP contribution >= 0.6 is 0 Å². The Balaban J connectivity index is 0.927. The summed E-state index contributed by atoms with van der Waals surface area (Å²) in [6, 6.07) is 0. The second kappa shape index (κ2) is 20.7. The van der Waals surface area contributed by atoms with Crippen molar-refractivity contribution in [2.75, 3.05) is 19.8 Å². The molecule has 34 atom stereocenters. The van der Waals surface area contributed by atoms with Gasteiger partial charge in [0.1, 0.15) is 85.5 Å². The van der Waals surface area contributed by atoms with Crippen molar-refractivity contribution in [3.05, 3.63) is 11.6 Å². The molecule has 0 aromatic rings. The number of fused-ring (bicyclic) bond motifs is 7. The molecule has 424 valence electrons. The Kier molecular flexibility index (Phi) is 15.7. The molecule has 4 aliphatic carbocycles. The van der Waals surface area contributed by atoms with Gasteiger partial charge in [0.2, 0.25) is 0 Å². The van der Waals surface area contributed by atoms with Crippen LogP contribution < -0.4 is 0 Å². The fraction of sp³-hybridized carbons (Fsp3) is 0.960. The first-order valence-electron chi connectivity index (χ1n) is 26.6. The molecule has 1 spiro atoms. The van der Waals surface area contributed by atoms with E-state index < -0.39 is 195 Å². The lowest BCUT2D eigenvalue weighted by Gasteiger charge is -2.62. The molecule has 14 N–H and O–H groups in total. The second-order valence-corrected chi connectivity index (χ2v) is 23.8. The van der Waals surface area contributed by atoms with Crippen molar-refractivity contribution in [2.45, 2.75) is 233 Å². The highest BCUT2D eigenvalue weighted by Crippen LogP contribution is 2.71. The van der Waals surface area contributed by atoms with E-state index in [1.807, 2.05) is 20.8 Å². The van der Waals surface area contributed by atoms with Gasteiger partial charge in [-0.15, -0.1) is 0 Å². The van der Waals surface area contributed by atoms with Crippen molar-refractivity contribution >= 4 is 0 Å². The Morgan fingerprint density at radius 3 is 1.85 bits per heavy atom. The minimum atomic E-state index is -1.86. The van der Waals surface area contributed by atoms with Crippen LogP contribution in [0.5, 0.6) is 0 Å². The molecule has 0 amide bonds. The Morgan fingerprint density at radius 1 is 0.608 bits per heavy atom. The van der Waals surface area contributed by atoms with Gasteiger partial charge in [-0.3, -0.25) is 0 Å². The van der Waals surface area contributed by atoms with E-state index in [0.717, 1.165) is 5.57 Å². The molecule has 10 rings (SSSR count). The lowest BCUT2D eigenvalue weighted by Crippen LogP contribution is -2.67. The first-order valence-corrected chi connectivity index (χ1v) is 26.6. The van der Waals surface area contributed by atoms with E-state index in [0.29, 0.717) is 19.3 Å². The van der Waals surface area contributed by atoms with Crippen LogP contribution in [0.3, 0.4) is 0 Å². The zero-order valence-electron chi connectivity index (χ0n) is 42.5. The molecule has 10 aliphatic rings. The molecular formula is C50H80O24. The standard InChI is InChI=1S/C50H80O24/c1-16-14-66-50(43(64)40(16)71-45-38(62)35(59)31(55)18(3)67-45)17(2)30-26(74-50)11-23-22-8-7-20-9-21(52)10-29(48(20,5)24(22)12-28(54)49(23,30)6)70-47-42(73-46-39(63)36(60)32(56)19(4)68-46)41(34(58)27(13-51)69-47)72-44-37(61)33(57)25(53)15-65-44/h7,16-19,21-47,51-64H,8-15H2,1-6H3/t16-,17+,18-,19+,21-,22-,23+,24+,25-,26+,27-,28-,29-,30+,31+,32+,33+,34-,35-,36-,37-,38-,39-,40+,41+,42-,43+,44+,45+,46+,47+,48+,49-,50+/m1/s1. The molecule has 9 fully saturated rings. The fourth-order valence-electron chi connectivity index (χ4n) is 15.4. The van der Waals surface area contributed by atoms with Gasteiger partial charge >= 0.3 is 0 Å². The summed E-state index contributed by atoms with van der Waals surface area (Å²) in [5.41, 5.74) is -0.807. The van der Waals surface area contributed by atoms with Crippen LogP contribution in [0, 0.1) is 46.3 Å². The van der Waals surface area contributed by atoms with Gasteiger partial charge in [0, 0.05) is 35.0 Å². The monoisotopic (exact) mass is 1060 g/mol. The van der Waals surface area contributed by atoms with E-state index in [9.17, 15) is 71.5 Å². The van der Waals surface area contributed by atoms with Crippen LogP contribution in [0.25, 0.3) is 0 Å². The van der Waals surface area contributed by atoms with Crippen molar-refractivity contribution in [3.63, 3.8) is 0 Å². The highest BCUT2D eigenvalue weighted by atomic mass is 16.8. The predicted molar refractivity (Wildman–Crippen MR) is 245 cm³/mol. The second-order valence-electron chi connectivity index (χ2n) is 23.8. The first kappa shape index (κ1) is 56.1. The Bertz CT molecular complexity index is 2010. The molecule has 6 saturated heterocycles. The highest BCUT2D eigenvalue weighted by molar-refractivity contribution is 5.30. The van der Waals surface area contributed by atoms with E-state index in [1.165, 1.54) is 6.92 Å². The summed E-state index contributed by atoms with van der Waals surface area (Å²) in [5, 5.41) is 155. The summed E-state index contributed by atoms with van der Waals surface area (Å²) in [6.07, 6.45) is -31.2. The fourth-order valence-corrected chi connectivity index (χ4v) is 15.4. The number of ether oxygens (including phenoxy) is 10. The van der Waals surface area contributed by atoms with Gasteiger partial charge in [-0.05, 0) is 57.3 Å². The van der Waals surface area contributed by atoms with Crippen LogP contribution in [0.4, 0.5) is 0 Å². The molecule has 0 aromatic carbocycles. The highest BCUT2D eigenvalue weighted by Gasteiger charge is 2.74. The third kappa shape index (κ3) is 8.81. The van der Waals surface area contributed by atoms with Crippen LogP contribution in [0.2, 0.25) is 0 Å². The minimum absolute atomic E-state index is 0.0464. The summed E-state index contributed by atoms with van der Waals surface area (Å²) in [5.74, 6) is -3.28. The first-order chi connectivity index (χ1) is 34.9. The molecule has 3 saturated carbocycles. The third-order valence-electron chi connectivity index (χ3n) is 19.7. The molecule has 24 nitrogen and oxygen atoms in total. The average molecular weight is 1070 g/mol. The number of rotatable bonds is 9. The predicted octanol–water partition coefficient (Wildman–Crippen LogP) is -4.41. The third-order valence-corrected chi connectivity index (χ3v) is 19.7. The smallest absolute Gasteiger partial charge is 0.200 e. The van der Waals surface area contributed by atoms with E-state index >= 15 is 0 Å². The molecule has 0 radical (unpaired) electrons.